The van der Waals surface area contributed by atoms with E-state index in [4.69, 9.17) is 0 Å². The van der Waals surface area contributed by atoms with Crippen molar-refractivity contribution in [2.24, 2.45) is 0 Å². The number of para-hydroxylation sites is 1. The van der Waals surface area contributed by atoms with Crippen LogP contribution in [0.4, 0.5) is 0 Å². The lowest BCUT2D eigenvalue weighted by Crippen LogP contribution is -2.02. The number of rotatable bonds is 4. The van der Waals surface area contributed by atoms with E-state index < -0.39 is 0 Å². The van der Waals surface area contributed by atoms with Crippen molar-refractivity contribution in [3.8, 4) is 22.4 Å². The summed E-state index contributed by atoms with van der Waals surface area (Å²) in [6.45, 7) is 5.18. The Kier molecular flexibility index (Phi) is 4.72. The minimum absolute atomic E-state index is 0.844. The summed E-state index contributed by atoms with van der Waals surface area (Å²) in [7, 11) is 0. The van der Waals surface area contributed by atoms with Gasteiger partial charge in [-0.25, -0.2) is 0 Å². The van der Waals surface area contributed by atoms with Crippen molar-refractivity contribution in [2.75, 3.05) is 0 Å². The van der Waals surface area contributed by atoms with Gasteiger partial charge in [0.25, 0.3) is 0 Å². The van der Waals surface area contributed by atoms with Gasteiger partial charge in [0.15, 0.2) is 0 Å². The predicted octanol–water partition coefficient (Wildman–Crippen LogP) is 7.64. The fourth-order valence-electron chi connectivity index (χ4n) is 4.42. The third-order valence-electron chi connectivity index (χ3n) is 5.75. The van der Waals surface area contributed by atoms with Crippen molar-refractivity contribution in [3.63, 3.8) is 0 Å². The topological polar surface area (TPSA) is 4.93 Å². The van der Waals surface area contributed by atoms with Crippen LogP contribution in [-0.4, -0.2) is 4.57 Å². The highest BCUT2D eigenvalue weighted by molar-refractivity contribution is 6.04. The van der Waals surface area contributed by atoms with Crippen LogP contribution in [0.3, 0.4) is 0 Å². The summed E-state index contributed by atoms with van der Waals surface area (Å²) in [5.41, 5.74) is 10.3. The number of benzene rings is 4. The molecule has 0 atom stereocenters. The molecule has 0 bridgehead atoms. The van der Waals surface area contributed by atoms with Gasteiger partial charge in [-0.15, -0.1) is 0 Å². The van der Waals surface area contributed by atoms with E-state index in [2.05, 4.69) is 122 Å². The molecule has 0 radical (unpaired) electrons. The molecule has 0 N–H and O–H groups in total. The monoisotopic (exact) mass is 387 g/mol. The van der Waals surface area contributed by atoms with Gasteiger partial charge in [0, 0.05) is 23.0 Å². The molecule has 1 nitrogen and oxygen atoms in total. The Labute approximate surface area is 178 Å². The zero-order chi connectivity index (χ0) is 20.5. The van der Waals surface area contributed by atoms with Gasteiger partial charge in [-0.1, -0.05) is 102 Å². The van der Waals surface area contributed by atoms with Crippen LogP contribution in [0.25, 0.3) is 33.3 Å². The van der Waals surface area contributed by atoms with Crippen LogP contribution < -0.4 is 0 Å². The first-order chi connectivity index (χ1) is 14.7. The zero-order valence-electron chi connectivity index (χ0n) is 17.5. The number of aromatic nitrogens is 1. The second-order valence-corrected chi connectivity index (χ2v) is 8.05. The van der Waals surface area contributed by atoms with E-state index >= 15 is 0 Å². The summed E-state index contributed by atoms with van der Waals surface area (Å²) in [6.07, 6.45) is 0. The average molecular weight is 388 g/mol. The predicted molar refractivity (Wildman–Crippen MR) is 128 cm³/mol. The molecule has 30 heavy (non-hydrogen) atoms. The highest BCUT2D eigenvalue weighted by atomic mass is 15.0. The molecule has 0 saturated carbocycles. The lowest BCUT2D eigenvalue weighted by atomic mass is 9.96. The summed E-state index contributed by atoms with van der Waals surface area (Å²) in [5, 5.41) is 1.30. The van der Waals surface area contributed by atoms with Crippen LogP contribution >= 0.6 is 0 Å². The highest BCUT2D eigenvalue weighted by Gasteiger charge is 2.20. The molecular formula is C29H25N. The van der Waals surface area contributed by atoms with Crippen LogP contribution in [0, 0.1) is 13.8 Å². The Balaban J connectivity index is 1.87. The van der Waals surface area contributed by atoms with E-state index in [9.17, 15) is 0 Å². The molecule has 4 aromatic carbocycles. The molecule has 0 aliphatic rings. The number of aryl methyl sites for hydroxylation is 2. The number of fused-ring (bicyclic) bond motifs is 1. The Hall–Kier alpha value is -3.58. The van der Waals surface area contributed by atoms with Crippen LogP contribution in [0.15, 0.2) is 103 Å². The molecule has 5 rings (SSSR count). The molecule has 1 heterocycles. The van der Waals surface area contributed by atoms with Gasteiger partial charge >= 0.3 is 0 Å². The molecule has 0 saturated heterocycles. The van der Waals surface area contributed by atoms with Crippen molar-refractivity contribution in [1.29, 1.82) is 0 Å². The molecule has 146 valence electrons. The lowest BCUT2D eigenvalue weighted by Gasteiger charge is -2.14. The molecule has 0 amide bonds. The quantitative estimate of drug-likeness (QED) is 0.298. The molecular weight excluding hydrogens is 362 g/mol. The maximum absolute atomic E-state index is 2.48. The first kappa shape index (κ1) is 18.4. The summed E-state index contributed by atoms with van der Waals surface area (Å²) in [6, 6.07) is 37.3. The van der Waals surface area contributed by atoms with Crippen molar-refractivity contribution < 1.29 is 0 Å². The summed E-state index contributed by atoms with van der Waals surface area (Å²) < 4.78 is 2.48. The molecule has 0 aliphatic carbocycles. The van der Waals surface area contributed by atoms with Gasteiger partial charge in [-0.05, 0) is 42.7 Å². The minimum atomic E-state index is 0.844. The van der Waals surface area contributed by atoms with E-state index in [1.165, 1.54) is 50.0 Å². The van der Waals surface area contributed by atoms with E-state index in [1.807, 2.05) is 0 Å². The molecule has 0 unspecified atom stereocenters. The van der Waals surface area contributed by atoms with Gasteiger partial charge < -0.3 is 4.57 Å². The highest BCUT2D eigenvalue weighted by Crippen LogP contribution is 2.41. The molecule has 0 fully saturated rings. The van der Waals surface area contributed by atoms with E-state index in [0.717, 1.165) is 6.54 Å². The third-order valence-corrected chi connectivity index (χ3v) is 5.75. The van der Waals surface area contributed by atoms with E-state index in [-0.39, 0.29) is 0 Å². The molecule has 1 aromatic heterocycles. The Morgan fingerprint density at radius 3 is 1.97 bits per heavy atom. The smallest absolute Gasteiger partial charge is 0.0574 e. The summed E-state index contributed by atoms with van der Waals surface area (Å²) in [5.74, 6) is 0. The van der Waals surface area contributed by atoms with Gasteiger partial charge in [0.1, 0.15) is 0 Å². The average Bonchev–Trinajstić information content (AvgIpc) is 3.09. The third kappa shape index (κ3) is 3.33. The van der Waals surface area contributed by atoms with Crippen molar-refractivity contribution >= 4 is 10.9 Å². The number of hydrogen-bond acceptors (Lipinski definition) is 0. The van der Waals surface area contributed by atoms with Gasteiger partial charge in [-0.2, -0.15) is 0 Å². The Bertz CT molecular complexity index is 1330. The Morgan fingerprint density at radius 1 is 0.600 bits per heavy atom. The molecule has 0 spiro atoms. The second-order valence-electron chi connectivity index (χ2n) is 8.05. The standard InChI is InChI=1S/C29H25N/c1-21-10-8-14-24(18-21)28-26-16-6-7-17-27(26)30(20-23-12-4-3-5-13-23)29(28)25-15-9-11-22(2)19-25/h3-19H,20H2,1-2H3. The van der Waals surface area contributed by atoms with Gasteiger partial charge in [-0.3, -0.25) is 0 Å². The first-order valence-corrected chi connectivity index (χ1v) is 10.5. The SMILES string of the molecule is Cc1cccc(-c2c(-c3cccc(C)c3)n(Cc3ccccc3)c3ccccc23)c1. The fraction of sp³-hybridized carbons (Fsp3) is 0.103. The van der Waals surface area contributed by atoms with Gasteiger partial charge in [0.05, 0.1) is 5.69 Å². The van der Waals surface area contributed by atoms with Crippen molar-refractivity contribution in [2.45, 2.75) is 20.4 Å². The van der Waals surface area contributed by atoms with Gasteiger partial charge in [0.2, 0.25) is 0 Å². The summed E-state index contributed by atoms with van der Waals surface area (Å²) in [4.78, 5) is 0. The largest absolute Gasteiger partial charge is 0.335 e. The number of nitrogens with zero attached hydrogens (tertiary/aromatic N) is 1. The van der Waals surface area contributed by atoms with Crippen LogP contribution in [0.1, 0.15) is 16.7 Å². The minimum Gasteiger partial charge on any atom is -0.335 e. The normalized spacial score (nSPS) is 11.1. The molecule has 0 aliphatic heterocycles. The Morgan fingerprint density at radius 2 is 1.23 bits per heavy atom. The first-order valence-electron chi connectivity index (χ1n) is 10.5. The fourth-order valence-corrected chi connectivity index (χ4v) is 4.42. The molecule has 1 heteroatoms. The lowest BCUT2D eigenvalue weighted by molar-refractivity contribution is 0.845. The second kappa shape index (κ2) is 7.68. The maximum atomic E-state index is 2.48. The van der Waals surface area contributed by atoms with Crippen molar-refractivity contribution in [1.82, 2.24) is 4.57 Å². The van der Waals surface area contributed by atoms with Crippen LogP contribution in [0.5, 0.6) is 0 Å². The maximum Gasteiger partial charge on any atom is 0.0574 e. The van der Waals surface area contributed by atoms with E-state index in [1.54, 1.807) is 0 Å². The van der Waals surface area contributed by atoms with Crippen molar-refractivity contribution in [3.05, 3.63) is 120 Å². The number of hydrogen-bond donors (Lipinski definition) is 0. The van der Waals surface area contributed by atoms with E-state index in [0.29, 0.717) is 0 Å². The zero-order valence-corrected chi connectivity index (χ0v) is 17.5. The van der Waals surface area contributed by atoms with Crippen LogP contribution in [-0.2, 0) is 6.54 Å². The van der Waals surface area contributed by atoms with Crippen LogP contribution in [0.2, 0.25) is 0 Å². The molecule has 5 aromatic rings. The summed E-state index contributed by atoms with van der Waals surface area (Å²) >= 11 is 0.